The van der Waals surface area contributed by atoms with Gasteiger partial charge >= 0.3 is 9.05 Å². The number of nitrogens with two attached hydrogens (primary N) is 2. The van der Waals surface area contributed by atoms with Crippen LogP contribution in [0.5, 0.6) is 0 Å². The molecular formula is C14H34N2O4Si. The highest BCUT2D eigenvalue weighted by atomic mass is 28.4. The van der Waals surface area contributed by atoms with Gasteiger partial charge in [0.05, 0.1) is 13.2 Å². The van der Waals surface area contributed by atoms with Gasteiger partial charge in [0.25, 0.3) is 0 Å². The van der Waals surface area contributed by atoms with Gasteiger partial charge in [-0.25, -0.2) is 0 Å². The van der Waals surface area contributed by atoms with Gasteiger partial charge < -0.3 is 29.2 Å². The van der Waals surface area contributed by atoms with Gasteiger partial charge in [0.2, 0.25) is 0 Å². The summed E-state index contributed by atoms with van der Waals surface area (Å²) in [6.07, 6.45) is 0. The van der Waals surface area contributed by atoms with E-state index in [1.165, 1.54) is 7.11 Å². The van der Waals surface area contributed by atoms with Crippen LogP contribution in [-0.4, -0.2) is 47.1 Å². The Morgan fingerprint density at radius 3 is 1.29 bits per heavy atom. The molecule has 0 aromatic carbocycles. The lowest BCUT2D eigenvalue weighted by molar-refractivity contribution is -0.0492. The fourth-order valence-corrected chi connectivity index (χ4v) is 3.47. The molecule has 0 aliphatic heterocycles. The minimum atomic E-state index is -3.26. The Labute approximate surface area is 130 Å². The monoisotopic (exact) mass is 322 g/mol. The third-order valence-corrected chi connectivity index (χ3v) is 4.17. The molecular weight excluding hydrogens is 288 g/mol. The Balaban J connectivity index is 4.91. The Kier molecular flexibility index (Phi) is 7.49. The predicted molar refractivity (Wildman–Crippen MR) is 86.6 cm³/mol. The van der Waals surface area contributed by atoms with Crippen LogP contribution in [0.1, 0.15) is 48.5 Å². The maximum absolute atomic E-state index is 5.97. The molecule has 0 radical (unpaired) electrons. The summed E-state index contributed by atoms with van der Waals surface area (Å²) in [4.78, 5) is 0. The van der Waals surface area contributed by atoms with E-state index in [0.717, 1.165) is 0 Å². The molecule has 21 heavy (non-hydrogen) atoms. The molecule has 4 N–H and O–H groups in total. The standard InChI is InChI=1S/C14H34N2O4Si/c1-12(2,3)9-18-21(17-8,19-10-13(4,5)15)20-11-14(6,7)16/h9-11,15-16H2,1-8H3. The van der Waals surface area contributed by atoms with Crippen molar-refractivity contribution in [2.24, 2.45) is 16.9 Å². The average molecular weight is 323 g/mol. The van der Waals surface area contributed by atoms with Crippen molar-refractivity contribution in [1.82, 2.24) is 0 Å². The van der Waals surface area contributed by atoms with E-state index in [1.54, 1.807) is 0 Å². The minimum Gasteiger partial charge on any atom is -0.355 e. The van der Waals surface area contributed by atoms with Crippen LogP contribution in [0.4, 0.5) is 0 Å². The van der Waals surface area contributed by atoms with Crippen LogP contribution in [0.15, 0.2) is 0 Å². The molecule has 0 unspecified atom stereocenters. The van der Waals surface area contributed by atoms with E-state index in [4.69, 9.17) is 29.2 Å². The molecule has 7 heteroatoms. The van der Waals surface area contributed by atoms with Gasteiger partial charge in [0.15, 0.2) is 0 Å². The van der Waals surface area contributed by atoms with Crippen molar-refractivity contribution in [3.8, 4) is 0 Å². The zero-order chi connectivity index (χ0) is 16.9. The number of hydrogen-bond donors (Lipinski definition) is 2. The summed E-state index contributed by atoms with van der Waals surface area (Å²) in [5.74, 6) is 0. The molecule has 0 saturated heterocycles. The smallest absolute Gasteiger partial charge is 0.355 e. The van der Waals surface area contributed by atoms with Gasteiger partial charge in [-0.15, -0.1) is 0 Å². The van der Waals surface area contributed by atoms with Crippen LogP contribution in [0.25, 0.3) is 0 Å². The third kappa shape index (κ3) is 11.2. The summed E-state index contributed by atoms with van der Waals surface area (Å²) < 4.78 is 23.0. The molecule has 0 rings (SSSR count). The summed E-state index contributed by atoms with van der Waals surface area (Å²) in [5.41, 5.74) is 10.9. The molecule has 0 heterocycles. The van der Waals surface area contributed by atoms with E-state index in [9.17, 15) is 0 Å². The predicted octanol–water partition coefficient (Wildman–Crippen LogP) is 1.64. The fraction of sp³-hybridized carbons (Fsp3) is 1.00. The number of rotatable bonds is 9. The number of hydrogen-bond acceptors (Lipinski definition) is 6. The lowest BCUT2D eigenvalue weighted by atomic mass is 9.99. The zero-order valence-electron chi connectivity index (χ0n) is 14.9. The van der Waals surface area contributed by atoms with E-state index in [-0.39, 0.29) is 18.6 Å². The summed E-state index contributed by atoms with van der Waals surface area (Å²) in [6, 6.07) is 0. The molecule has 128 valence electrons. The molecule has 0 bridgehead atoms. The van der Waals surface area contributed by atoms with Crippen molar-refractivity contribution < 1.29 is 17.7 Å². The Morgan fingerprint density at radius 2 is 1.05 bits per heavy atom. The van der Waals surface area contributed by atoms with E-state index in [2.05, 4.69) is 20.8 Å². The first-order valence-electron chi connectivity index (χ1n) is 7.23. The summed E-state index contributed by atoms with van der Waals surface area (Å²) in [5, 5.41) is 0. The molecule has 0 amide bonds. The lowest BCUT2D eigenvalue weighted by Gasteiger charge is -2.33. The second-order valence-corrected chi connectivity index (χ2v) is 10.4. The highest BCUT2D eigenvalue weighted by Gasteiger charge is 2.47. The van der Waals surface area contributed by atoms with Crippen LogP contribution in [0, 0.1) is 5.41 Å². The van der Waals surface area contributed by atoms with Crippen LogP contribution in [0.2, 0.25) is 0 Å². The van der Waals surface area contributed by atoms with Gasteiger partial charge in [-0.3, -0.25) is 0 Å². The fourth-order valence-electron chi connectivity index (χ4n) is 1.16. The normalized spacial score (nSPS) is 14.6. The second kappa shape index (κ2) is 7.50. The van der Waals surface area contributed by atoms with Crippen molar-refractivity contribution in [2.45, 2.75) is 59.5 Å². The Hall–Kier alpha value is -0.0231. The second-order valence-electron chi connectivity index (χ2n) is 8.11. The highest BCUT2D eigenvalue weighted by molar-refractivity contribution is 6.53. The van der Waals surface area contributed by atoms with Gasteiger partial charge in [0, 0.05) is 24.8 Å². The highest BCUT2D eigenvalue weighted by Crippen LogP contribution is 2.21. The van der Waals surface area contributed by atoms with Crippen molar-refractivity contribution in [1.29, 1.82) is 0 Å². The van der Waals surface area contributed by atoms with E-state index >= 15 is 0 Å². The molecule has 0 saturated carbocycles. The van der Waals surface area contributed by atoms with E-state index in [0.29, 0.717) is 6.61 Å². The van der Waals surface area contributed by atoms with Gasteiger partial charge in [-0.05, 0) is 33.1 Å². The van der Waals surface area contributed by atoms with Crippen LogP contribution in [0.3, 0.4) is 0 Å². The minimum absolute atomic E-state index is 0.0278. The summed E-state index contributed by atoms with van der Waals surface area (Å²) >= 11 is 0. The van der Waals surface area contributed by atoms with E-state index < -0.39 is 20.1 Å². The molecule has 0 aliphatic rings. The van der Waals surface area contributed by atoms with Crippen LogP contribution < -0.4 is 11.5 Å². The first-order valence-corrected chi connectivity index (χ1v) is 8.86. The van der Waals surface area contributed by atoms with E-state index in [1.807, 2.05) is 27.7 Å². The van der Waals surface area contributed by atoms with Crippen molar-refractivity contribution in [3.63, 3.8) is 0 Å². The molecule has 0 spiro atoms. The molecule has 6 nitrogen and oxygen atoms in total. The van der Waals surface area contributed by atoms with Gasteiger partial charge in [-0.1, -0.05) is 20.8 Å². The zero-order valence-corrected chi connectivity index (χ0v) is 15.9. The van der Waals surface area contributed by atoms with Crippen molar-refractivity contribution in [3.05, 3.63) is 0 Å². The quantitative estimate of drug-likeness (QED) is 0.627. The maximum atomic E-state index is 5.97. The van der Waals surface area contributed by atoms with Crippen molar-refractivity contribution >= 4 is 9.05 Å². The molecule has 0 fully saturated rings. The Bertz CT molecular complexity index is 260. The largest absolute Gasteiger partial charge is 0.679 e. The van der Waals surface area contributed by atoms with Gasteiger partial charge in [0.1, 0.15) is 0 Å². The SMILES string of the molecule is CO[Si](OCC(C)(C)C)(OCC(C)(C)N)OCC(C)(C)N. The van der Waals surface area contributed by atoms with Crippen molar-refractivity contribution in [2.75, 3.05) is 26.9 Å². The van der Waals surface area contributed by atoms with Gasteiger partial charge in [-0.2, -0.15) is 0 Å². The average Bonchev–Trinajstić information content (AvgIpc) is 2.25. The molecule has 0 aliphatic carbocycles. The molecule has 0 aromatic heterocycles. The first-order chi connectivity index (χ1) is 9.18. The first kappa shape index (κ1) is 21.0. The third-order valence-electron chi connectivity index (χ3n) is 2.17. The molecule has 0 aromatic rings. The summed E-state index contributed by atoms with van der Waals surface area (Å²) in [7, 11) is -1.73. The Morgan fingerprint density at radius 1 is 0.714 bits per heavy atom. The van der Waals surface area contributed by atoms with Crippen LogP contribution >= 0.6 is 0 Å². The topological polar surface area (TPSA) is 89.0 Å². The summed E-state index contributed by atoms with van der Waals surface area (Å²) in [6.45, 7) is 14.7. The lowest BCUT2D eigenvalue weighted by Crippen LogP contribution is -2.55. The molecule has 0 atom stereocenters. The van der Waals surface area contributed by atoms with Crippen LogP contribution in [-0.2, 0) is 17.7 Å². The maximum Gasteiger partial charge on any atom is 0.679 e.